The first-order valence-electron chi connectivity index (χ1n) is 5.00. The van der Waals surface area contributed by atoms with Crippen LogP contribution < -0.4 is 0 Å². The molecule has 0 aromatic heterocycles. The molecular formula is C14H13I. The summed E-state index contributed by atoms with van der Waals surface area (Å²) in [5.74, 6) is 0. The molecule has 2 aromatic rings. The van der Waals surface area contributed by atoms with E-state index in [9.17, 15) is 0 Å². The lowest BCUT2D eigenvalue weighted by molar-refractivity contribution is 1.39. The Kier molecular flexibility index (Phi) is 3.10. The lowest BCUT2D eigenvalue weighted by Gasteiger charge is -2.09. The van der Waals surface area contributed by atoms with Gasteiger partial charge in [-0.15, -0.1) is 0 Å². The van der Waals surface area contributed by atoms with E-state index >= 15 is 0 Å². The molecule has 0 bridgehead atoms. The zero-order valence-corrected chi connectivity index (χ0v) is 11.1. The van der Waals surface area contributed by atoms with Crippen LogP contribution in [0.1, 0.15) is 11.1 Å². The first kappa shape index (κ1) is 10.7. The molecule has 0 fully saturated rings. The number of benzene rings is 2. The van der Waals surface area contributed by atoms with Gasteiger partial charge >= 0.3 is 0 Å². The van der Waals surface area contributed by atoms with Gasteiger partial charge in [0.1, 0.15) is 0 Å². The van der Waals surface area contributed by atoms with Gasteiger partial charge in [0.25, 0.3) is 0 Å². The van der Waals surface area contributed by atoms with E-state index in [4.69, 9.17) is 0 Å². The van der Waals surface area contributed by atoms with Crippen LogP contribution in [0.2, 0.25) is 0 Å². The van der Waals surface area contributed by atoms with Gasteiger partial charge in [0.2, 0.25) is 0 Å². The van der Waals surface area contributed by atoms with Gasteiger partial charge < -0.3 is 0 Å². The topological polar surface area (TPSA) is 0 Å². The van der Waals surface area contributed by atoms with Gasteiger partial charge in [0.05, 0.1) is 0 Å². The summed E-state index contributed by atoms with van der Waals surface area (Å²) in [6.07, 6.45) is 0. The molecule has 76 valence electrons. The molecule has 1 heteroatoms. The van der Waals surface area contributed by atoms with Crippen LogP contribution >= 0.6 is 22.6 Å². The SMILES string of the molecule is Cc1ccc(C)c(-c2ccccc2I)c1. The van der Waals surface area contributed by atoms with Crippen LogP contribution in [-0.4, -0.2) is 0 Å². The molecule has 0 N–H and O–H groups in total. The monoisotopic (exact) mass is 308 g/mol. The van der Waals surface area contributed by atoms with Crippen molar-refractivity contribution < 1.29 is 0 Å². The molecule has 0 atom stereocenters. The second-order valence-electron chi connectivity index (χ2n) is 3.80. The molecular weight excluding hydrogens is 295 g/mol. The minimum absolute atomic E-state index is 1.31. The molecule has 0 heterocycles. The van der Waals surface area contributed by atoms with E-state index in [0.29, 0.717) is 0 Å². The lowest BCUT2D eigenvalue weighted by Crippen LogP contribution is -1.87. The summed E-state index contributed by atoms with van der Waals surface area (Å²) in [7, 11) is 0. The highest BCUT2D eigenvalue weighted by atomic mass is 127. The zero-order valence-electron chi connectivity index (χ0n) is 8.92. The largest absolute Gasteiger partial charge is 0.0616 e. The third-order valence-corrected chi connectivity index (χ3v) is 3.50. The average molecular weight is 308 g/mol. The standard InChI is InChI=1S/C14H13I/c1-10-7-8-11(2)13(9-10)12-5-3-4-6-14(12)15/h3-9H,1-2H3. The first-order chi connectivity index (χ1) is 7.18. The fourth-order valence-corrected chi connectivity index (χ4v) is 2.38. The summed E-state index contributed by atoms with van der Waals surface area (Å²) in [4.78, 5) is 0. The smallest absolute Gasteiger partial charge is 0.0208 e. The van der Waals surface area contributed by atoms with Crippen LogP contribution in [0.5, 0.6) is 0 Å². The molecule has 0 saturated heterocycles. The molecule has 15 heavy (non-hydrogen) atoms. The van der Waals surface area contributed by atoms with E-state index in [1.165, 1.54) is 25.8 Å². The van der Waals surface area contributed by atoms with Gasteiger partial charge in [-0.25, -0.2) is 0 Å². The second-order valence-corrected chi connectivity index (χ2v) is 4.96. The molecule has 2 aromatic carbocycles. The summed E-state index contributed by atoms with van der Waals surface area (Å²) in [5.41, 5.74) is 5.33. The molecule has 0 unspecified atom stereocenters. The Morgan fingerprint density at radius 1 is 0.867 bits per heavy atom. The third-order valence-electron chi connectivity index (χ3n) is 2.56. The van der Waals surface area contributed by atoms with Gasteiger partial charge in [-0.1, -0.05) is 42.0 Å². The van der Waals surface area contributed by atoms with Crippen LogP contribution in [0.3, 0.4) is 0 Å². The predicted molar refractivity (Wildman–Crippen MR) is 74.1 cm³/mol. The maximum atomic E-state index is 2.39. The quantitative estimate of drug-likeness (QED) is 0.677. The van der Waals surface area contributed by atoms with Crippen LogP contribution in [0.25, 0.3) is 11.1 Å². The maximum Gasteiger partial charge on any atom is 0.0208 e. The molecule has 0 aliphatic carbocycles. The first-order valence-corrected chi connectivity index (χ1v) is 6.08. The van der Waals surface area contributed by atoms with E-state index in [2.05, 4.69) is 78.9 Å². The van der Waals surface area contributed by atoms with Gasteiger partial charge in [-0.05, 0) is 59.2 Å². The summed E-state index contributed by atoms with van der Waals surface area (Å²) < 4.78 is 1.31. The Bertz CT molecular complexity index is 486. The Labute approximate surface area is 104 Å². The molecule has 0 spiro atoms. The molecule has 0 radical (unpaired) electrons. The van der Waals surface area contributed by atoms with Crippen molar-refractivity contribution in [3.05, 3.63) is 57.2 Å². The molecule has 0 nitrogen and oxygen atoms in total. The molecule has 2 rings (SSSR count). The van der Waals surface area contributed by atoms with E-state index in [0.717, 1.165) is 0 Å². The normalized spacial score (nSPS) is 10.3. The number of aryl methyl sites for hydroxylation is 2. The third kappa shape index (κ3) is 2.23. The summed E-state index contributed by atoms with van der Waals surface area (Å²) in [6.45, 7) is 4.30. The fraction of sp³-hybridized carbons (Fsp3) is 0.143. The number of halogens is 1. The number of hydrogen-bond donors (Lipinski definition) is 0. The second kappa shape index (κ2) is 4.35. The van der Waals surface area contributed by atoms with Crippen molar-refractivity contribution in [2.75, 3.05) is 0 Å². The summed E-state index contributed by atoms with van der Waals surface area (Å²) in [6, 6.07) is 15.1. The highest BCUT2D eigenvalue weighted by Crippen LogP contribution is 2.28. The van der Waals surface area contributed by atoms with Gasteiger partial charge in [0.15, 0.2) is 0 Å². The van der Waals surface area contributed by atoms with Crippen LogP contribution in [0.4, 0.5) is 0 Å². The number of rotatable bonds is 1. The van der Waals surface area contributed by atoms with Crippen LogP contribution in [-0.2, 0) is 0 Å². The van der Waals surface area contributed by atoms with E-state index in [1.54, 1.807) is 0 Å². The molecule has 0 amide bonds. The lowest BCUT2D eigenvalue weighted by atomic mass is 9.99. The van der Waals surface area contributed by atoms with Crippen molar-refractivity contribution in [3.63, 3.8) is 0 Å². The van der Waals surface area contributed by atoms with Crippen molar-refractivity contribution >= 4 is 22.6 Å². The molecule has 0 aliphatic heterocycles. The number of hydrogen-bond acceptors (Lipinski definition) is 0. The van der Waals surface area contributed by atoms with E-state index in [1.807, 2.05) is 0 Å². The minimum Gasteiger partial charge on any atom is -0.0616 e. The Morgan fingerprint density at radius 2 is 1.60 bits per heavy atom. The molecule has 0 saturated carbocycles. The Morgan fingerprint density at radius 3 is 2.33 bits per heavy atom. The van der Waals surface area contributed by atoms with E-state index < -0.39 is 0 Å². The van der Waals surface area contributed by atoms with Crippen molar-refractivity contribution in [2.24, 2.45) is 0 Å². The van der Waals surface area contributed by atoms with Gasteiger partial charge in [-0.3, -0.25) is 0 Å². The maximum absolute atomic E-state index is 2.39. The predicted octanol–water partition coefficient (Wildman–Crippen LogP) is 4.58. The van der Waals surface area contributed by atoms with Crippen molar-refractivity contribution in [3.8, 4) is 11.1 Å². The van der Waals surface area contributed by atoms with E-state index in [-0.39, 0.29) is 0 Å². The summed E-state index contributed by atoms with van der Waals surface area (Å²) in [5, 5.41) is 0. The van der Waals surface area contributed by atoms with Crippen molar-refractivity contribution in [2.45, 2.75) is 13.8 Å². The average Bonchev–Trinajstić information content (AvgIpc) is 2.23. The molecule has 0 aliphatic rings. The summed E-state index contributed by atoms with van der Waals surface area (Å²) >= 11 is 2.39. The van der Waals surface area contributed by atoms with Gasteiger partial charge in [0, 0.05) is 3.57 Å². The van der Waals surface area contributed by atoms with Crippen LogP contribution in [0.15, 0.2) is 42.5 Å². The van der Waals surface area contributed by atoms with Crippen molar-refractivity contribution in [1.29, 1.82) is 0 Å². The fourth-order valence-electron chi connectivity index (χ4n) is 1.71. The minimum atomic E-state index is 1.31. The zero-order chi connectivity index (χ0) is 10.8. The van der Waals surface area contributed by atoms with Crippen LogP contribution in [0, 0.1) is 17.4 Å². The highest BCUT2D eigenvalue weighted by molar-refractivity contribution is 14.1. The van der Waals surface area contributed by atoms with Gasteiger partial charge in [-0.2, -0.15) is 0 Å². The Hall–Kier alpha value is -0.830. The Balaban J connectivity index is 2.64. The highest BCUT2D eigenvalue weighted by Gasteiger charge is 2.04. The van der Waals surface area contributed by atoms with Crippen molar-refractivity contribution in [1.82, 2.24) is 0 Å².